The molecule has 1 aromatic carbocycles. The summed E-state index contributed by atoms with van der Waals surface area (Å²) in [4.78, 5) is 25.5. The number of aromatic nitrogens is 5. The molecule has 3 aromatic rings. The van der Waals surface area contributed by atoms with Crippen molar-refractivity contribution in [2.45, 2.75) is 6.54 Å². The van der Waals surface area contributed by atoms with Crippen molar-refractivity contribution in [1.82, 2.24) is 30.7 Å². The van der Waals surface area contributed by atoms with Gasteiger partial charge in [-0.3, -0.25) is 14.9 Å². The Morgan fingerprint density at radius 2 is 2.09 bits per heavy atom. The van der Waals surface area contributed by atoms with Gasteiger partial charge in [-0.1, -0.05) is 12.1 Å². The number of halogens is 1. The van der Waals surface area contributed by atoms with Gasteiger partial charge in [-0.15, -0.1) is 0 Å². The van der Waals surface area contributed by atoms with Gasteiger partial charge in [-0.25, -0.2) is 14.3 Å². The Balaban J connectivity index is 1.81. The van der Waals surface area contributed by atoms with Gasteiger partial charge in [0.2, 0.25) is 0 Å². The predicted molar refractivity (Wildman–Crippen MR) is 74.4 cm³/mol. The molecule has 0 aliphatic rings. The number of rotatable bonds is 4. The molecule has 0 spiro atoms. The normalized spacial score (nSPS) is 10.6. The summed E-state index contributed by atoms with van der Waals surface area (Å²) in [6.45, 7) is 0.0272. The second-order valence-corrected chi connectivity index (χ2v) is 4.45. The minimum absolute atomic E-state index is 0.0272. The molecule has 2 aromatic heterocycles. The number of hydrogen-bond acceptors (Lipinski definition) is 4. The summed E-state index contributed by atoms with van der Waals surface area (Å²) < 4.78 is 13.8. The van der Waals surface area contributed by atoms with Crippen LogP contribution in [0, 0.1) is 5.82 Å². The van der Waals surface area contributed by atoms with Crippen molar-refractivity contribution in [3.05, 3.63) is 58.2 Å². The summed E-state index contributed by atoms with van der Waals surface area (Å²) in [5, 5.41) is 14.8. The molecule has 9 heteroatoms. The van der Waals surface area contributed by atoms with Gasteiger partial charge in [-0.05, 0) is 12.1 Å². The zero-order chi connectivity index (χ0) is 15.5. The SMILES string of the molecule is O=C(NCc1n[nH]c(=O)[nH]1)c1cn[nH]c1-c1ccccc1F. The minimum atomic E-state index is -0.462. The number of hydrogen-bond donors (Lipinski definition) is 4. The van der Waals surface area contributed by atoms with Crippen LogP contribution < -0.4 is 11.0 Å². The third-order valence-corrected chi connectivity index (χ3v) is 2.99. The first-order chi connectivity index (χ1) is 10.6. The zero-order valence-electron chi connectivity index (χ0n) is 11.2. The van der Waals surface area contributed by atoms with Gasteiger partial charge in [0.25, 0.3) is 5.91 Å². The monoisotopic (exact) mass is 302 g/mol. The minimum Gasteiger partial charge on any atom is -0.345 e. The molecule has 0 atom stereocenters. The topological polar surface area (TPSA) is 119 Å². The van der Waals surface area contributed by atoms with Crippen LogP contribution in [0.1, 0.15) is 16.2 Å². The molecule has 0 radical (unpaired) electrons. The molecular weight excluding hydrogens is 291 g/mol. The van der Waals surface area contributed by atoms with Gasteiger partial charge in [0.1, 0.15) is 11.6 Å². The van der Waals surface area contributed by atoms with Crippen molar-refractivity contribution in [2.24, 2.45) is 0 Å². The Labute approximate surface area is 122 Å². The highest BCUT2D eigenvalue weighted by atomic mass is 19.1. The highest BCUT2D eigenvalue weighted by Crippen LogP contribution is 2.23. The van der Waals surface area contributed by atoms with Crippen LogP contribution >= 0.6 is 0 Å². The van der Waals surface area contributed by atoms with E-state index in [1.165, 1.54) is 12.3 Å². The summed E-state index contributed by atoms with van der Waals surface area (Å²) >= 11 is 0. The Kier molecular flexibility index (Phi) is 3.52. The van der Waals surface area contributed by atoms with E-state index in [1.54, 1.807) is 18.2 Å². The molecule has 2 heterocycles. The molecule has 4 N–H and O–H groups in total. The van der Waals surface area contributed by atoms with E-state index in [4.69, 9.17) is 0 Å². The van der Waals surface area contributed by atoms with Gasteiger partial charge in [0.15, 0.2) is 0 Å². The number of amides is 1. The van der Waals surface area contributed by atoms with Gasteiger partial charge in [-0.2, -0.15) is 10.2 Å². The van der Waals surface area contributed by atoms with Gasteiger partial charge in [0, 0.05) is 5.56 Å². The van der Waals surface area contributed by atoms with Crippen LogP contribution in [0.3, 0.4) is 0 Å². The Morgan fingerprint density at radius 1 is 1.27 bits per heavy atom. The molecule has 0 saturated heterocycles. The van der Waals surface area contributed by atoms with E-state index >= 15 is 0 Å². The quantitative estimate of drug-likeness (QED) is 0.563. The van der Waals surface area contributed by atoms with E-state index in [2.05, 4.69) is 30.7 Å². The van der Waals surface area contributed by atoms with Gasteiger partial charge >= 0.3 is 5.69 Å². The van der Waals surface area contributed by atoms with Crippen molar-refractivity contribution >= 4 is 5.91 Å². The molecule has 0 unspecified atom stereocenters. The van der Waals surface area contributed by atoms with Crippen molar-refractivity contribution in [3.63, 3.8) is 0 Å². The standard InChI is InChI=1S/C13H11FN6O2/c14-9-4-2-1-3-7(9)11-8(5-16-19-11)12(21)15-6-10-17-13(22)20-18-10/h1-5H,6H2,(H,15,21)(H,16,19)(H2,17,18,20,22). The molecule has 22 heavy (non-hydrogen) atoms. The van der Waals surface area contributed by atoms with Crippen molar-refractivity contribution in [2.75, 3.05) is 0 Å². The number of aromatic amines is 3. The van der Waals surface area contributed by atoms with Crippen LogP contribution in [0.25, 0.3) is 11.3 Å². The average molecular weight is 302 g/mol. The number of nitrogens with one attached hydrogen (secondary N) is 4. The fraction of sp³-hybridized carbons (Fsp3) is 0.0769. The smallest absolute Gasteiger partial charge is 0.340 e. The first-order valence-corrected chi connectivity index (χ1v) is 6.35. The fourth-order valence-electron chi connectivity index (χ4n) is 1.98. The number of nitrogens with zero attached hydrogens (tertiary/aromatic N) is 2. The third kappa shape index (κ3) is 2.64. The number of carbonyl (C=O) groups is 1. The van der Waals surface area contributed by atoms with Crippen LogP contribution in [-0.2, 0) is 6.54 Å². The zero-order valence-corrected chi connectivity index (χ0v) is 11.2. The molecule has 0 aliphatic heterocycles. The summed E-state index contributed by atoms with van der Waals surface area (Å²) in [7, 11) is 0. The maximum atomic E-state index is 13.8. The molecule has 0 bridgehead atoms. The highest BCUT2D eigenvalue weighted by Gasteiger charge is 2.17. The molecule has 0 saturated carbocycles. The Hall–Kier alpha value is -3.23. The molecule has 112 valence electrons. The van der Waals surface area contributed by atoms with E-state index in [1.807, 2.05) is 0 Å². The molecule has 3 rings (SSSR count). The third-order valence-electron chi connectivity index (χ3n) is 2.99. The second-order valence-electron chi connectivity index (χ2n) is 4.45. The molecule has 0 fully saturated rings. The number of H-pyrrole nitrogens is 3. The lowest BCUT2D eigenvalue weighted by Gasteiger charge is -2.05. The molecule has 8 nitrogen and oxygen atoms in total. The lowest BCUT2D eigenvalue weighted by Crippen LogP contribution is -2.24. The molecule has 0 aliphatic carbocycles. The first kappa shape index (κ1) is 13.7. The number of benzene rings is 1. The lowest BCUT2D eigenvalue weighted by molar-refractivity contribution is 0.0950. The maximum Gasteiger partial charge on any atom is 0.340 e. The largest absolute Gasteiger partial charge is 0.345 e. The molecular formula is C13H11FN6O2. The van der Waals surface area contributed by atoms with E-state index in [0.29, 0.717) is 0 Å². The van der Waals surface area contributed by atoms with Crippen LogP contribution in [0.5, 0.6) is 0 Å². The Bertz CT molecular complexity index is 865. The van der Waals surface area contributed by atoms with Crippen molar-refractivity contribution in [3.8, 4) is 11.3 Å². The van der Waals surface area contributed by atoms with Gasteiger partial charge < -0.3 is 5.32 Å². The fourth-order valence-corrected chi connectivity index (χ4v) is 1.98. The number of carbonyl (C=O) groups excluding carboxylic acids is 1. The summed E-state index contributed by atoms with van der Waals surface area (Å²) in [6, 6.07) is 6.06. The van der Waals surface area contributed by atoms with Crippen LogP contribution in [-0.4, -0.2) is 31.3 Å². The van der Waals surface area contributed by atoms with Crippen molar-refractivity contribution < 1.29 is 9.18 Å². The van der Waals surface area contributed by atoms with E-state index in [-0.39, 0.29) is 29.2 Å². The lowest BCUT2D eigenvalue weighted by atomic mass is 10.1. The molecule has 1 amide bonds. The van der Waals surface area contributed by atoms with Crippen LogP contribution in [0.15, 0.2) is 35.3 Å². The van der Waals surface area contributed by atoms with E-state index in [0.717, 1.165) is 0 Å². The van der Waals surface area contributed by atoms with E-state index in [9.17, 15) is 14.0 Å². The summed E-state index contributed by atoms with van der Waals surface area (Å²) in [5.74, 6) is -0.637. The average Bonchev–Trinajstić information content (AvgIpc) is 3.14. The van der Waals surface area contributed by atoms with Gasteiger partial charge in [0.05, 0.1) is 24.0 Å². The summed E-state index contributed by atoms with van der Waals surface area (Å²) in [5.41, 5.74) is 0.270. The Morgan fingerprint density at radius 3 is 2.82 bits per heavy atom. The van der Waals surface area contributed by atoms with E-state index < -0.39 is 17.4 Å². The summed E-state index contributed by atoms with van der Waals surface area (Å²) in [6.07, 6.45) is 1.31. The second kappa shape index (κ2) is 5.64. The predicted octanol–water partition coefficient (Wildman–Crippen LogP) is 0.557. The van der Waals surface area contributed by atoms with Crippen LogP contribution in [0.2, 0.25) is 0 Å². The maximum absolute atomic E-state index is 13.8. The van der Waals surface area contributed by atoms with Crippen LogP contribution in [0.4, 0.5) is 4.39 Å². The highest BCUT2D eigenvalue weighted by molar-refractivity contribution is 5.99. The first-order valence-electron chi connectivity index (χ1n) is 6.35. The van der Waals surface area contributed by atoms with Crippen molar-refractivity contribution in [1.29, 1.82) is 0 Å².